The van der Waals surface area contributed by atoms with E-state index in [2.05, 4.69) is 4.98 Å². The summed E-state index contributed by atoms with van der Waals surface area (Å²) in [5.74, 6) is -0.260. The maximum atomic E-state index is 13.4. The molecule has 0 saturated carbocycles. The number of anilines is 1. The second-order valence-electron chi connectivity index (χ2n) is 7.71. The Morgan fingerprint density at radius 1 is 1.06 bits per heavy atom. The first-order valence-corrected chi connectivity index (χ1v) is 12.8. The van der Waals surface area contributed by atoms with Crippen molar-refractivity contribution in [2.45, 2.75) is 6.42 Å². The Morgan fingerprint density at radius 2 is 1.83 bits per heavy atom. The van der Waals surface area contributed by atoms with Crippen LogP contribution in [0.25, 0.3) is 6.08 Å². The van der Waals surface area contributed by atoms with E-state index in [0.717, 1.165) is 10.4 Å². The Bertz CT molecular complexity index is 1520. The zero-order valence-electron chi connectivity index (χ0n) is 18.6. The van der Waals surface area contributed by atoms with Crippen molar-refractivity contribution in [1.29, 1.82) is 0 Å². The van der Waals surface area contributed by atoms with Gasteiger partial charge in [-0.1, -0.05) is 71.5 Å². The molecule has 3 aromatic carbocycles. The number of nitro benzene ring substituents is 1. The molecule has 0 bridgehead atoms. The molecular formula is C26H17ClN4O3S2. The summed E-state index contributed by atoms with van der Waals surface area (Å²) < 4.78 is 0. The first-order valence-electron chi connectivity index (χ1n) is 10.8. The van der Waals surface area contributed by atoms with Crippen LogP contribution in [0.4, 0.5) is 16.5 Å². The smallest absolute Gasteiger partial charge is 0.268 e. The minimum atomic E-state index is -0.461. The van der Waals surface area contributed by atoms with Gasteiger partial charge in [0.05, 0.1) is 15.5 Å². The number of aliphatic imine (C=N–C) groups is 1. The highest BCUT2D eigenvalue weighted by Gasteiger charge is 2.35. The van der Waals surface area contributed by atoms with E-state index in [-0.39, 0.29) is 11.6 Å². The molecule has 0 spiro atoms. The van der Waals surface area contributed by atoms with Crippen molar-refractivity contribution in [1.82, 2.24) is 4.98 Å². The second kappa shape index (κ2) is 10.4. The number of para-hydroxylation sites is 1. The molecule has 1 aromatic heterocycles. The third kappa shape index (κ3) is 5.23. The fourth-order valence-electron chi connectivity index (χ4n) is 3.57. The lowest BCUT2D eigenvalue weighted by Crippen LogP contribution is -2.28. The van der Waals surface area contributed by atoms with E-state index in [1.54, 1.807) is 24.4 Å². The van der Waals surface area contributed by atoms with Crippen LogP contribution < -0.4 is 4.90 Å². The average molecular weight is 533 g/mol. The zero-order valence-corrected chi connectivity index (χ0v) is 21.0. The number of nitro groups is 1. The van der Waals surface area contributed by atoms with Crippen LogP contribution in [0.15, 0.2) is 95.0 Å². The quantitative estimate of drug-likeness (QED) is 0.150. The highest BCUT2D eigenvalue weighted by molar-refractivity contribution is 8.19. The molecule has 178 valence electrons. The Balaban J connectivity index is 1.48. The fourth-order valence-corrected chi connectivity index (χ4v) is 5.62. The predicted molar refractivity (Wildman–Crippen MR) is 146 cm³/mol. The Hall–Kier alpha value is -3.79. The van der Waals surface area contributed by atoms with E-state index < -0.39 is 4.92 Å². The Labute approximate surface area is 219 Å². The maximum absolute atomic E-state index is 13.4. The van der Waals surface area contributed by atoms with E-state index in [1.807, 2.05) is 54.6 Å². The number of nitrogens with zero attached hydrogens (tertiary/aromatic N) is 4. The third-order valence-electron chi connectivity index (χ3n) is 5.25. The lowest BCUT2D eigenvalue weighted by atomic mass is 10.1. The highest BCUT2D eigenvalue weighted by atomic mass is 35.5. The van der Waals surface area contributed by atoms with Crippen molar-refractivity contribution >= 4 is 68.4 Å². The molecule has 0 unspecified atom stereocenters. The van der Waals surface area contributed by atoms with Crippen LogP contribution in [0.5, 0.6) is 0 Å². The Morgan fingerprint density at radius 3 is 2.61 bits per heavy atom. The lowest BCUT2D eigenvalue weighted by Gasteiger charge is -2.14. The Kier molecular flexibility index (Phi) is 6.95. The van der Waals surface area contributed by atoms with Crippen LogP contribution in [0.3, 0.4) is 0 Å². The van der Waals surface area contributed by atoms with Crippen molar-refractivity contribution < 1.29 is 9.72 Å². The molecule has 2 heterocycles. The van der Waals surface area contributed by atoms with Crippen molar-refractivity contribution in [3.63, 3.8) is 0 Å². The maximum Gasteiger partial charge on any atom is 0.271 e. The molecule has 10 heteroatoms. The number of non-ortho nitro benzene ring substituents is 1. The van der Waals surface area contributed by atoms with Gasteiger partial charge in [0.15, 0.2) is 5.17 Å². The third-order valence-corrected chi connectivity index (χ3v) is 7.48. The van der Waals surface area contributed by atoms with Crippen LogP contribution >= 0.6 is 34.7 Å². The summed E-state index contributed by atoms with van der Waals surface area (Å²) in [5, 5.41) is 12.8. The number of carbonyl (C=O) groups excluding carboxylic acids is 1. The molecule has 4 aromatic rings. The van der Waals surface area contributed by atoms with E-state index in [4.69, 9.17) is 16.6 Å². The number of amidine groups is 1. The van der Waals surface area contributed by atoms with Gasteiger partial charge in [-0.05, 0) is 47.2 Å². The molecule has 0 atom stereocenters. The first kappa shape index (κ1) is 23.9. The predicted octanol–water partition coefficient (Wildman–Crippen LogP) is 7.10. The van der Waals surface area contributed by atoms with Crippen LogP contribution in [0.1, 0.15) is 16.0 Å². The van der Waals surface area contributed by atoms with Crippen LogP contribution in [-0.4, -0.2) is 21.0 Å². The first-order chi connectivity index (χ1) is 17.5. The fraction of sp³-hybridized carbons (Fsp3) is 0.0385. The molecule has 0 N–H and O–H groups in total. The number of thioether (sulfide) groups is 1. The standard InChI is InChI=1S/C26H17ClN4O3S2/c27-22-12-5-4-8-18(22)15-21-16-28-25(35-21)29-26-30(19-9-2-1-3-10-19)24(32)23(36-26)14-17-7-6-11-20(13-17)31(33)34/h1-14,16H,15H2/b23-14-,29-26-. The highest BCUT2D eigenvalue weighted by Crippen LogP contribution is 2.38. The lowest BCUT2D eigenvalue weighted by molar-refractivity contribution is -0.384. The van der Waals surface area contributed by atoms with Crippen molar-refractivity contribution in [3.05, 3.63) is 121 Å². The molecule has 0 radical (unpaired) electrons. The molecule has 1 amide bonds. The number of benzene rings is 3. The molecule has 1 saturated heterocycles. The summed E-state index contributed by atoms with van der Waals surface area (Å²) in [4.78, 5) is 36.2. The zero-order chi connectivity index (χ0) is 25.1. The second-order valence-corrected chi connectivity index (χ2v) is 10.2. The summed E-state index contributed by atoms with van der Waals surface area (Å²) in [6.07, 6.45) is 4.04. The number of rotatable bonds is 6. The number of amides is 1. The number of thiazole rings is 1. The summed E-state index contributed by atoms with van der Waals surface area (Å²) in [6.45, 7) is 0. The van der Waals surface area contributed by atoms with Gasteiger partial charge in [0.25, 0.3) is 11.6 Å². The SMILES string of the molecule is O=C1/C(=C/c2cccc([N+](=O)[O-])c2)S/C(=N\c2ncc(Cc3ccccc3Cl)s2)N1c1ccccc1. The minimum absolute atomic E-state index is 0.0394. The van der Waals surface area contributed by atoms with Crippen molar-refractivity contribution in [2.75, 3.05) is 4.90 Å². The van der Waals surface area contributed by atoms with Gasteiger partial charge in [0.2, 0.25) is 5.13 Å². The monoisotopic (exact) mass is 532 g/mol. The molecule has 1 aliphatic rings. The number of aromatic nitrogens is 1. The van der Waals surface area contributed by atoms with Crippen molar-refractivity contribution in [3.8, 4) is 0 Å². The van der Waals surface area contributed by atoms with Crippen LogP contribution in [-0.2, 0) is 11.2 Å². The molecule has 5 rings (SSSR count). The molecule has 1 aliphatic heterocycles. The van der Waals surface area contributed by atoms with E-state index >= 15 is 0 Å². The number of hydrogen-bond donors (Lipinski definition) is 0. The van der Waals surface area contributed by atoms with Crippen LogP contribution in [0, 0.1) is 10.1 Å². The number of carbonyl (C=O) groups is 1. The summed E-state index contributed by atoms with van der Waals surface area (Å²) in [6, 6.07) is 23.0. The largest absolute Gasteiger partial charge is 0.271 e. The average Bonchev–Trinajstić information content (AvgIpc) is 3.44. The summed E-state index contributed by atoms with van der Waals surface area (Å²) in [7, 11) is 0. The van der Waals surface area contributed by atoms with E-state index in [9.17, 15) is 14.9 Å². The summed E-state index contributed by atoms with van der Waals surface area (Å²) in [5.41, 5.74) is 2.19. The van der Waals surface area contributed by atoms with Gasteiger partial charge in [-0.15, -0.1) is 0 Å². The molecule has 7 nitrogen and oxygen atoms in total. The van der Waals surface area contributed by atoms with Gasteiger partial charge in [-0.25, -0.2) is 4.98 Å². The van der Waals surface area contributed by atoms with Gasteiger partial charge >= 0.3 is 0 Å². The van der Waals surface area contributed by atoms with E-state index in [0.29, 0.717) is 37.9 Å². The topological polar surface area (TPSA) is 88.7 Å². The van der Waals surface area contributed by atoms with Crippen LogP contribution in [0.2, 0.25) is 5.02 Å². The number of halogens is 1. The normalized spacial score (nSPS) is 15.7. The van der Waals surface area contributed by atoms with Gasteiger partial charge in [-0.3, -0.25) is 19.8 Å². The number of hydrogen-bond acceptors (Lipinski definition) is 7. The molecule has 36 heavy (non-hydrogen) atoms. The van der Waals surface area contributed by atoms with Gasteiger partial charge < -0.3 is 0 Å². The van der Waals surface area contributed by atoms with E-state index in [1.165, 1.54) is 40.1 Å². The summed E-state index contributed by atoms with van der Waals surface area (Å²) >= 11 is 8.93. The van der Waals surface area contributed by atoms with Gasteiger partial charge in [0.1, 0.15) is 0 Å². The molecule has 0 aliphatic carbocycles. The van der Waals surface area contributed by atoms with Gasteiger partial charge in [0, 0.05) is 34.7 Å². The molecular weight excluding hydrogens is 516 g/mol. The van der Waals surface area contributed by atoms with Crippen molar-refractivity contribution in [2.24, 2.45) is 4.99 Å². The van der Waals surface area contributed by atoms with Gasteiger partial charge in [-0.2, -0.15) is 4.99 Å². The minimum Gasteiger partial charge on any atom is -0.268 e. The molecule has 1 fully saturated rings.